The largest absolute Gasteiger partial charge is 0.573 e. The molecule has 0 atom stereocenters. The number of halogens is 3. The van der Waals surface area contributed by atoms with E-state index in [2.05, 4.69) is 62.0 Å². The number of thioether (sulfide) groups is 1. The molecule has 210 valence electrons. The SMILES string of the molecule is CC(C)=Cc1ccccc1N1CCCS/C1=N\N=C\c1ccc(-c2ncn(-c3ccc(OC(F)(F)F)cc3)n2)cc1. The number of amidine groups is 1. The fourth-order valence-corrected chi connectivity index (χ4v) is 5.12. The molecular formula is C30H27F3N6OS. The number of hydrogen-bond acceptors (Lipinski definition) is 6. The molecular weight excluding hydrogens is 549 g/mol. The van der Waals surface area contributed by atoms with Gasteiger partial charge in [0.1, 0.15) is 12.1 Å². The zero-order valence-electron chi connectivity index (χ0n) is 22.4. The van der Waals surface area contributed by atoms with Gasteiger partial charge in [-0.3, -0.25) is 0 Å². The maximum atomic E-state index is 12.4. The van der Waals surface area contributed by atoms with Gasteiger partial charge in [-0.1, -0.05) is 65.9 Å². The van der Waals surface area contributed by atoms with Gasteiger partial charge < -0.3 is 9.64 Å². The minimum absolute atomic E-state index is 0.299. The second-order valence-electron chi connectivity index (χ2n) is 9.44. The van der Waals surface area contributed by atoms with Gasteiger partial charge in [-0.15, -0.1) is 23.4 Å². The molecule has 1 aliphatic rings. The maximum absolute atomic E-state index is 12.4. The number of aromatic nitrogens is 3. The standard InChI is InChI=1S/C30H27F3N6OS/c1-21(2)18-24-6-3-4-7-27(24)38-16-5-17-41-29(38)36-35-19-22-8-10-23(11-9-22)28-34-20-39(37-28)25-12-14-26(15-13-25)40-30(31,32)33/h3-4,6-15,18-20H,5,16-17H2,1-2H3/b35-19+,36-29-. The van der Waals surface area contributed by atoms with Crippen molar-refractivity contribution in [2.24, 2.45) is 10.2 Å². The van der Waals surface area contributed by atoms with Crippen molar-refractivity contribution in [3.05, 3.63) is 95.8 Å². The lowest BCUT2D eigenvalue weighted by Gasteiger charge is -2.30. The van der Waals surface area contributed by atoms with Gasteiger partial charge in [-0.2, -0.15) is 5.10 Å². The molecule has 1 saturated heterocycles. The van der Waals surface area contributed by atoms with E-state index in [0.717, 1.165) is 46.3 Å². The number of rotatable bonds is 7. The molecule has 1 aromatic heterocycles. The Morgan fingerprint density at radius 3 is 2.49 bits per heavy atom. The molecule has 0 spiro atoms. The van der Waals surface area contributed by atoms with E-state index in [-0.39, 0.29) is 5.75 Å². The highest BCUT2D eigenvalue weighted by Crippen LogP contribution is 2.29. The topological polar surface area (TPSA) is 67.9 Å². The molecule has 0 N–H and O–H groups in total. The van der Waals surface area contributed by atoms with E-state index in [9.17, 15) is 13.2 Å². The van der Waals surface area contributed by atoms with E-state index in [0.29, 0.717) is 11.5 Å². The van der Waals surface area contributed by atoms with Crippen LogP contribution in [0, 0.1) is 0 Å². The average Bonchev–Trinajstić information content (AvgIpc) is 3.44. The molecule has 2 heterocycles. The zero-order chi connectivity index (χ0) is 28.8. The molecule has 0 unspecified atom stereocenters. The third-order valence-corrected chi connectivity index (χ3v) is 7.06. The van der Waals surface area contributed by atoms with Crippen LogP contribution in [0.5, 0.6) is 5.75 Å². The molecule has 41 heavy (non-hydrogen) atoms. The van der Waals surface area contributed by atoms with Crippen molar-refractivity contribution in [1.29, 1.82) is 0 Å². The molecule has 0 saturated carbocycles. The van der Waals surface area contributed by atoms with E-state index in [1.807, 2.05) is 36.4 Å². The number of hydrogen-bond donors (Lipinski definition) is 0. The average molecular weight is 577 g/mol. The molecule has 0 bridgehead atoms. The zero-order valence-corrected chi connectivity index (χ0v) is 23.2. The number of para-hydroxylation sites is 1. The van der Waals surface area contributed by atoms with Crippen LogP contribution in [0.3, 0.4) is 0 Å². The summed E-state index contributed by atoms with van der Waals surface area (Å²) in [5, 5.41) is 14.2. The number of anilines is 1. The van der Waals surface area contributed by atoms with Gasteiger partial charge in [0.15, 0.2) is 11.0 Å². The second-order valence-corrected chi connectivity index (χ2v) is 10.5. The first-order valence-electron chi connectivity index (χ1n) is 12.9. The van der Waals surface area contributed by atoms with Crippen LogP contribution in [-0.2, 0) is 0 Å². The molecule has 5 rings (SSSR count). The first-order valence-corrected chi connectivity index (χ1v) is 13.9. The summed E-state index contributed by atoms with van der Waals surface area (Å²) in [5.74, 6) is 1.18. The third kappa shape index (κ3) is 7.43. The van der Waals surface area contributed by atoms with Crippen LogP contribution in [0.15, 0.2) is 94.9 Å². The number of ether oxygens (including phenoxy) is 1. The molecule has 0 amide bonds. The van der Waals surface area contributed by atoms with Crippen molar-refractivity contribution in [2.45, 2.75) is 26.6 Å². The second kappa shape index (κ2) is 12.4. The summed E-state index contributed by atoms with van der Waals surface area (Å²) >= 11 is 1.70. The highest BCUT2D eigenvalue weighted by molar-refractivity contribution is 8.14. The van der Waals surface area contributed by atoms with Gasteiger partial charge >= 0.3 is 6.36 Å². The van der Waals surface area contributed by atoms with E-state index in [1.54, 1.807) is 18.0 Å². The number of allylic oxidation sites excluding steroid dienone is 1. The molecule has 7 nitrogen and oxygen atoms in total. The smallest absolute Gasteiger partial charge is 0.406 e. The van der Waals surface area contributed by atoms with Crippen molar-refractivity contribution in [2.75, 3.05) is 17.2 Å². The van der Waals surface area contributed by atoms with Crippen LogP contribution in [0.4, 0.5) is 18.9 Å². The Labute approximate surface area is 240 Å². The third-order valence-electron chi connectivity index (χ3n) is 6.01. The molecule has 1 fully saturated rings. The van der Waals surface area contributed by atoms with Crippen LogP contribution in [0.2, 0.25) is 0 Å². The fourth-order valence-electron chi connectivity index (χ4n) is 4.22. The molecule has 1 aliphatic heterocycles. The summed E-state index contributed by atoms with van der Waals surface area (Å²) in [6, 6.07) is 21.3. The van der Waals surface area contributed by atoms with Crippen LogP contribution in [0.25, 0.3) is 23.2 Å². The Balaban J connectivity index is 1.27. The van der Waals surface area contributed by atoms with Crippen molar-refractivity contribution < 1.29 is 17.9 Å². The Morgan fingerprint density at radius 2 is 1.76 bits per heavy atom. The Kier molecular flexibility index (Phi) is 8.53. The minimum Gasteiger partial charge on any atom is -0.406 e. The Hall–Kier alpha value is -4.38. The minimum atomic E-state index is -4.74. The van der Waals surface area contributed by atoms with E-state index in [4.69, 9.17) is 0 Å². The van der Waals surface area contributed by atoms with Crippen molar-refractivity contribution in [1.82, 2.24) is 14.8 Å². The monoisotopic (exact) mass is 576 g/mol. The number of nitrogens with zero attached hydrogens (tertiary/aromatic N) is 6. The predicted octanol–water partition coefficient (Wildman–Crippen LogP) is 7.59. The van der Waals surface area contributed by atoms with Crippen molar-refractivity contribution in [3.8, 4) is 22.8 Å². The van der Waals surface area contributed by atoms with Crippen LogP contribution < -0.4 is 9.64 Å². The van der Waals surface area contributed by atoms with Gasteiger partial charge in [0.25, 0.3) is 0 Å². The lowest BCUT2D eigenvalue weighted by Crippen LogP contribution is -2.34. The summed E-state index contributed by atoms with van der Waals surface area (Å²) in [7, 11) is 0. The summed E-state index contributed by atoms with van der Waals surface area (Å²) in [6.45, 7) is 5.06. The lowest BCUT2D eigenvalue weighted by atomic mass is 10.1. The quantitative estimate of drug-likeness (QED) is 0.168. The van der Waals surface area contributed by atoms with Crippen LogP contribution >= 0.6 is 11.8 Å². The molecule has 0 aliphatic carbocycles. The van der Waals surface area contributed by atoms with E-state index in [1.165, 1.54) is 40.8 Å². The predicted molar refractivity (Wildman–Crippen MR) is 159 cm³/mol. The van der Waals surface area contributed by atoms with E-state index < -0.39 is 6.36 Å². The lowest BCUT2D eigenvalue weighted by molar-refractivity contribution is -0.274. The highest BCUT2D eigenvalue weighted by Gasteiger charge is 2.31. The number of benzene rings is 3. The van der Waals surface area contributed by atoms with Crippen LogP contribution in [0.1, 0.15) is 31.4 Å². The first kappa shape index (κ1) is 28.2. The highest BCUT2D eigenvalue weighted by atomic mass is 32.2. The molecule has 0 radical (unpaired) electrons. The van der Waals surface area contributed by atoms with E-state index >= 15 is 0 Å². The van der Waals surface area contributed by atoms with Gasteiger partial charge in [-0.05, 0) is 61.7 Å². The fraction of sp³-hybridized carbons (Fsp3) is 0.200. The summed E-state index contributed by atoms with van der Waals surface area (Å²) in [5.41, 5.74) is 5.73. The first-order chi connectivity index (χ1) is 19.7. The van der Waals surface area contributed by atoms with Crippen LogP contribution in [-0.4, -0.2) is 44.8 Å². The maximum Gasteiger partial charge on any atom is 0.573 e. The summed E-state index contributed by atoms with van der Waals surface area (Å²) in [6.07, 6.45) is 1.72. The van der Waals surface area contributed by atoms with Gasteiger partial charge in [0, 0.05) is 17.9 Å². The number of alkyl halides is 3. The molecule has 3 aromatic carbocycles. The molecule has 11 heteroatoms. The summed E-state index contributed by atoms with van der Waals surface area (Å²) < 4.78 is 42.6. The Morgan fingerprint density at radius 1 is 1.00 bits per heavy atom. The summed E-state index contributed by atoms with van der Waals surface area (Å²) in [4.78, 5) is 6.56. The normalized spacial score (nSPS) is 15.0. The van der Waals surface area contributed by atoms with Gasteiger partial charge in [0.2, 0.25) is 0 Å². The van der Waals surface area contributed by atoms with Gasteiger partial charge in [-0.25, -0.2) is 9.67 Å². The van der Waals surface area contributed by atoms with Crippen molar-refractivity contribution in [3.63, 3.8) is 0 Å². The molecule has 4 aromatic rings. The van der Waals surface area contributed by atoms with Crippen molar-refractivity contribution >= 4 is 34.9 Å². The Bertz CT molecular complexity index is 1570. The van der Waals surface area contributed by atoms with Gasteiger partial charge in [0.05, 0.1) is 17.6 Å².